The zero-order valence-electron chi connectivity index (χ0n) is 3.39. The predicted molar refractivity (Wildman–Crippen MR) is 27.8 cm³/mol. The molecule has 0 spiro atoms. The van der Waals surface area contributed by atoms with Crippen molar-refractivity contribution in [2.45, 2.75) is 0 Å². The lowest BCUT2D eigenvalue weighted by molar-refractivity contribution is -0.0859. The van der Waals surface area contributed by atoms with E-state index in [1.165, 1.54) is 0 Å². The molecule has 0 rings (SSSR count). The normalized spacial score (nSPS) is 7.20. The SMILES string of the molecule is [Al].[SiH3]OO[SiH3]. The molecule has 0 saturated carbocycles. The second-order valence-corrected chi connectivity index (χ2v) is 1.00. The minimum atomic E-state index is 0. The van der Waals surface area contributed by atoms with Gasteiger partial charge >= 0.3 is 0 Å². The molecule has 29 valence electrons. The third-order valence-corrected chi connectivity index (χ3v) is 1.50. The summed E-state index contributed by atoms with van der Waals surface area (Å²) in [6.07, 6.45) is 0. The van der Waals surface area contributed by atoms with Crippen molar-refractivity contribution in [1.29, 1.82) is 0 Å². The van der Waals surface area contributed by atoms with E-state index in [0.29, 0.717) is 21.0 Å². The van der Waals surface area contributed by atoms with Gasteiger partial charge in [0.15, 0.2) is 21.0 Å². The Morgan fingerprint density at radius 3 is 1.20 bits per heavy atom. The predicted octanol–water partition coefficient (Wildman–Crippen LogP) is -2.89. The molecule has 0 aromatic carbocycles. The average molecular weight is 121 g/mol. The Morgan fingerprint density at radius 2 is 1.20 bits per heavy atom. The number of hydrogen-bond donors (Lipinski definition) is 0. The first-order valence-corrected chi connectivity index (χ1v) is 2.62. The number of hydrogen-bond acceptors (Lipinski definition) is 2. The third kappa shape index (κ3) is 11.4. The summed E-state index contributed by atoms with van der Waals surface area (Å²) in [5.41, 5.74) is 0. The van der Waals surface area contributed by atoms with E-state index in [2.05, 4.69) is 9.15 Å². The molecular weight excluding hydrogens is 115 g/mol. The molecule has 0 amide bonds. The smallest absolute Gasteiger partial charge is 0.191 e. The van der Waals surface area contributed by atoms with Gasteiger partial charge in [0.05, 0.1) is 0 Å². The molecule has 0 aliphatic heterocycles. The Kier molecular flexibility index (Phi) is 16.5. The van der Waals surface area contributed by atoms with Gasteiger partial charge < -0.3 is 9.15 Å². The van der Waals surface area contributed by atoms with Gasteiger partial charge in [-0.3, -0.25) is 0 Å². The Hall–Kier alpha value is 0.886. The van der Waals surface area contributed by atoms with Gasteiger partial charge in [-0.25, -0.2) is 0 Å². The summed E-state index contributed by atoms with van der Waals surface area (Å²) >= 11 is 0. The van der Waals surface area contributed by atoms with Crippen molar-refractivity contribution in [3.05, 3.63) is 0 Å². The van der Waals surface area contributed by atoms with Gasteiger partial charge in [-0.05, 0) is 0 Å². The molecule has 2 nitrogen and oxygen atoms in total. The first kappa shape index (κ1) is 9.31. The molecule has 0 bridgehead atoms. The fourth-order valence-electron chi connectivity index (χ4n) is 0. The van der Waals surface area contributed by atoms with Crippen molar-refractivity contribution in [3.8, 4) is 0 Å². The lowest BCUT2D eigenvalue weighted by atomic mass is 14.9. The maximum absolute atomic E-state index is 4.24. The second kappa shape index (κ2) is 8.86. The highest BCUT2D eigenvalue weighted by Gasteiger charge is 1.47. The quantitative estimate of drug-likeness (QED) is 0.211. The molecule has 0 N–H and O–H groups in total. The summed E-state index contributed by atoms with van der Waals surface area (Å²) in [5.74, 6) is 0. The van der Waals surface area contributed by atoms with E-state index in [4.69, 9.17) is 0 Å². The molecule has 0 heterocycles. The molecule has 0 aliphatic carbocycles. The van der Waals surface area contributed by atoms with Gasteiger partial charge in [0.1, 0.15) is 0 Å². The lowest BCUT2D eigenvalue weighted by Crippen LogP contribution is -1.78. The van der Waals surface area contributed by atoms with E-state index < -0.39 is 0 Å². The van der Waals surface area contributed by atoms with E-state index >= 15 is 0 Å². The van der Waals surface area contributed by atoms with Crippen LogP contribution in [-0.4, -0.2) is 38.3 Å². The summed E-state index contributed by atoms with van der Waals surface area (Å²) < 4.78 is 8.48. The van der Waals surface area contributed by atoms with Gasteiger partial charge in [0, 0.05) is 17.4 Å². The third-order valence-electron chi connectivity index (χ3n) is 0.167. The van der Waals surface area contributed by atoms with E-state index in [-0.39, 0.29) is 17.4 Å². The summed E-state index contributed by atoms with van der Waals surface area (Å²) in [5, 5.41) is 0. The molecule has 0 unspecified atom stereocenters. The summed E-state index contributed by atoms with van der Waals surface area (Å²) in [4.78, 5) is 0. The zero-order valence-corrected chi connectivity index (χ0v) is 8.55. The van der Waals surface area contributed by atoms with Gasteiger partial charge in [-0.2, -0.15) is 0 Å². The Morgan fingerprint density at radius 1 is 1.00 bits per heavy atom. The minimum absolute atomic E-state index is 0. The first-order chi connectivity index (χ1) is 1.91. The molecule has 0 fully saturated rings. The van der Waals surface area contributed by atoms with E-state index in [9.17, 15) is 0 Å². The fraction of sp³-hybridized carbons (Fsp3) is 0. The molecule has 0 aromatic heterocycles. The minimum Gasteiger partial charge on any atom is -0.311 e. The van der Waals surface area contributed by atoms with Crippen LogP contribution in [0.5, 0.6) is 0 Å². The van der Waals surface area contributed by atoms with Crippen molar-refractivity contribution in [1.82, 2.24) is 0 Å². The van der Waals surface area contributed by atoms with E-state index in [0.717, 1.165) is 0 Å². The van der Waals surface area contributed by atoms with Crippen molar-refractivity contribution in [2.24, 2.45) is 0 Å². The average Bonchev–Trinajstić information content (AvgIpc) is 1.37. The molecule has 5 heavy (non-hydrogen) atoms. The van der Waals surface area contributed by atoms with Crippen LogP contribution in [0, 0.1) is 0 Å². The van der Waals surface area contributed by atoms with Crippen LogP contribution in [0.25, 0.3) is 0 Å². The van der Waals surface area contributed by atoms with Crippen LogP contribution in [-0.2, 0) is 9.15 Å². The maximum Gasteiger partial charge on any atom is 0.191 e. The summed E-state index contributed by atoms with van der Waals surface area (Å²) in [6, 6.07) is 0. The highest BCUT2D eigenvalue weighted by molar-refractivity contribution is 6.01. The van der Waals surface area contributed by atoms with E-state index in [1.54, 1.807) is 0 Å². The highest BCUT2D eigenvalue weighted by Crippen LogP contribution is 1.47. The molecular formula is H6AlO2Si2. The van der Waals surface area contributed by atoms with Crippen molar-refractivity contribution in [2.75, 3.05) is 0 Å². The van der Waals surface area contributed by atoms with Crippen LogP contribution in [0.2, 0.25) is 0 Å². The van der Waals surface area contributed by atoms with Crippen molar-refractivity contribution < 1.29 is 9.15 Å². The highest BCUT2D eigenvalue weighted by atomic mass is 28.2. The molecule has 0 aliphatic rings. The van der Waals surface area contributed by atoms with Crippen LogP contribution < -0.4 is 0 Å². The van der Waals surface area contributed by atoms with Crippen LogP contribution in [0.1, 0.15) is 0 Å². The Bertz CT molecular complexity index is 9.61. The van der Waals surface area contributed by atoms with Crippen molar-refractivity contribution >= 4 is 38.3 Å². The van der Waals surface area contributed by atoms with Gasteiger partial charge in [-0.15, -0.1) is 0 Å². The second-order valence-electron chi connectivity index (χ2n) is 0.333. The number of rotatable bonds is 1. The summed E-state index contributed by atoms with van der Waals surface area (Å²) in [6.45, 7) is 0. The molecule has 0 atom stereocenters. The van der Waals surface area contributed by atoms with Gasteiger partial charge in [0.25, 0.3) is 0 Å². The van der Waals surface area contributed by atoms with Gasteiger partial charge in [0.2, 0.25) is 0 Å². The Labute approximate surface area is 48.0 Å². The molecule has 0 aromatic rings. The fourth-order valence-corrected chi connectivity index (χ4v) is 0. The van der Waals surface area contributed by atoms with Crippen molar-refractivity contribution in [3.63, 3.8) is 0 Å². The standard InChI is InChI=1S/Al.H6O2Si2/c;3-1-2-4/h;3-4H3. The first-order valence-electron chi connectivity index (χ1n) is 0.983. The zero-order chi connectivity index (χ0) is 3.41. The molecule has 3 radical (unpaired) electrons. The Balaban J connectivity index is 0. The monoisotopic (exact) mass is 121 g/mol. The maximum atomic E-state index is 4.24. The van der Waals surface area contributed by atoms with Gasteiger partial charge in [-0.1, -0.05) is 0 Å². The topological polar surface area (TPSA) is 18.5 Å². The lowest BCUT2D eigenvalue weighted by Gasteiger charge is -1.81. The molecule has 0 saturated heterocycles. The van der Waals surface area contributed by atoms with E-state index in [1.807, 2.05) is 0 Å². The summed E-state index contributed by atoms with van der Waals surface area (Å²) in [7, 11) is 1.40. The molecule has 5 heteroatoms. The van der Waals surface area contributed by atoms with Crippen LogP contribution in [0.4, 0.5) is 0 Å². The van der Waals surface area contributed by atoms with Crippen LogP contribution >= 0.6 is 0 Å². The van der Waals surface area contributed by atoms with Crippen LogP contribution in [0.3, 0.4) is 0 Å². The van der Waals surface area contributed by atoms with Crippen LogP contribution in [0.15, 0.2) is 0 Å². The largest absolute Gasteiger partial charge is 0.311 e.